The molecule has 1 atom stereocenters. The van der Waals surface area contributed by atoms with Crippen LogP contribution in [0.5, 0.6) is 0 Å². The molecule has 2 aromatic carbocycles. The topological polar surface area (TPSA) is 75.3 Å². The molecule has 0 bridgehead atoms. The molecule has 5 nitrogen and oxygen atoms in total. The molecule has 0 radical (unpaired) electrons. The molecule has 2 rings (SSSR count). The number of carbonyl (C=O) groups excluding carboxylic acids is 1. The van der Waals surface area contributed by atoms with E-state index in [0.717, 1.165) is 5.56 Å². The second-order valence-electron chi connectivity index (χ2n) is 5.41. The monoisotopic (exact) mass is 332 g/mol. The highest BCUT2D eigenvalue weighted by molar-refractivity contribution is 7.89. The lowest BCUT2D eigenvalue weighted by atomic mass is 10.1. The first kappa shape index (κ1) is 17.2. The van der Waals surface area contributed by atoms with E-state index in [0.29, 0.717) is 11.3 Å². The van der Waals surface area contributed by atoms with Crippen molar-refractivity contribution < 1.29 is 13.2 Å². The van der Waals surface area contributed by atoms with Crippen LogP contribution in [0.1, 0.15) is 31.0 Å². The smallest absolute Gasteiger partial charge is 0.241 e. The number of carbonyl (C=O) groups is 1. The summed E-state index contributed by atoms with van der Waals surface area (Å²) in [6.07, 6.45) is 0. The Balaban J connectivity index is 2.23. The fraction of sp³-hybridized carbons (Fsp3) is 0.235. The Morgan fingerprint density at radius 3 is 2.30 bits per heavy atom. The largest absolute Gasteiger partial charge is 0.326 e. The molecular formula is C17H20N2O3S. The summed E-state index contributed by atoms with van der Waals surface area (Å²) in [4.78, 5) is 11.3. The van der Waals surface area contributed by atoms with Gasteiger partial charge in [-0.3, -0.25) is 4.79 Å². The molecule has 1 amide bonds. The van der Waals surface area contributed by atoms with Crippen LogP contribution in [-0.4, -0.2) is 14.3 Å². The Hall–Kier alpha value is -2.18. The first-order chi connectivity index (χ1) is 10.8. The van der Waals surface area contributed by atoms with E-state index < -0.39 is 10.0 Å². The van der Waals surface area contributed by atoms with Crippen molar-refractivity contribution >= 4 is 21.6 Å². The number of hydrogen-bond acceptors (Lipinski definition) is 3. The lowest BCUT2D eigenvalue weighted by Crippen LogP contribution is -2.27. The van der Waals surface area contributed by atoms with Crippen LogP contribution in [0.15, 0.2) is 53.4 Å². The molecule has 0 fully saturated rings. The molecule has 0 aliphatic rings. The summed E-state index contributed by atoms with van der Waals surface area (Å²) < 4.78 is 27.7. The summed E-state index contributed by atoms with van der Waals surface area (Å²) in [6.45, 7) is 4.96. The Bertz CT molecular complexity index is 802. The van der Waals surface area contributed by atoms with Gasteiger partial charge in [-0.2, -0.15) is 0 Å². The molecule has 0 heterocycles. The highest BCUT2D eigenvalue weighted by atomic mass is 32.2. The van der Waals surface area contributed by atoms with E-state index in [1.54, 1.807) is 26.0 Å². The fourth-order valence-electron chi connectivity index (χ4n) is 2.24. The van der Waals surface area contributed by atoms with Crippen LogP contribution in [0, 0.1) is 6.92 Å². The first-order valence-corrected chi connectivity index (χ1v) is 8.73. The standard InChI is InChI=1S/C17H20N2O3S/c1-12-11-16(9-10-17(12)18-14(3)20)23(21,22)19-13(2)15-7-5-4-6-8-15/h4-11,13,19H,1-3H3,(H,18,20)/t13-/m1/s1. The Morgan fingerprint density at radius 2 is 1.74 bits per heavy atom. The summed E-state index contributed by atoms with van der Waals surface area (Å²) in [7, 11) is -3.64. The molecule has 0 aliphatic carbocycles. The van der Waals surface area contributed by atoms with Crippen LogP contribution in [0.2, 0.25) is 0 Å². The van der Waals surface area contributed by atoms with Gasteiger partial charge in [0.25, 0.3) is 0 Å². The normalized spacial score (nSPS) is 12.7. The van der Waals surface area contributed by atoms with Gasteiger partial charge in [0.2, 0.25) is 15.9 Å². The van der Waals surface area contributed by atoms with Gasteiger partial charge in [0.1, 0.15) is 0 Å². The first-order valence-electron chi connectivity index (χ1n) is 7.25. The maximum absolute atomic E-state index is 12.5. The van der Waals surface area contributed by atoms with Crippen LogP contribution < -0.4 is 10.0 Å². The van der Waals surface area contributed by atoms with Crippen molar-refractivity contribution in [3.63, 3.8) is 0 Å². The minimum Gasteiger partial charge on any atom is -0.326 e. The summed E-state index contributed by atoms with van der Waals surface area (Å²) in [5.41, 5.74) is 2.19. The summed E-state index contributed by atoms with van der Waals surface area (Å²) >= 11 is 0. The minimum absolute atomic E-state index is 0.173. The highest BCUT2D eigenvalue weighted by Crippen LogP contribution is 2.21. The molecule has 23 heavy (non-hydrogen) atoms. The average molecular weight is 332 g/mol. The molecule has 0 aliphatic heterocycles. The fourth-order valence-corrected chi connectivity index (χ4v) is 3.56. The van der Waals surface area contributed by atoms with E-state index >= 15 is 0 Å². The van der Waals surface area contributed by atoms with Gasteiger partial charge in [-0.25, -0.2) is 13.1 Å². The van der Waals surface area contributed by atoms with Crippen molar-refractivity contribution in [2.24, 2.45) is 0 Å². The Labute approximate surface area is 136 Å². The number of hydrogen-bond donors (Lipinski definition) is 2. The molecule has 0 saturated heterocycles. The molecule has 122 valence electrons. The maximum atomic E-state index is 12.5. The number of nitrogens with one attached hydrogen (secondary N) is 2. The van der Waals surface area contributed by atoms with E-state index in [1.807, 2.05) is 30.3 Å². The van der Waals surface area contributed by atoms with E-state index in [4.69, 9.17) is 0 Å². The van der Waals surface area contributed by atoms with E-state index in [-0.39, 0.29) is 16.8 Å². The van der Waals surface area contributed by atoms with Gasteiger partial charge in [0.15, 0.2) is 0 Å². The molecule has 0 saturated carbocycles. The van der Waals surface area contributed by atoms with Gasteiger partial charge in [0, 0.05) is 18.7 Å². The minimum atomic E-state index is -3.64. The van der Waals surface area contributed by atoms with Crippen molar-refractivity contribution in [1.29, 1.82) is 0 Å². The van der Waals surface area contributed by atoms with Gasteiger partial charge in [-0.1, -0.05) is 30.3 Å². The molecular weight excluding hydrogens is 312 g/mol. The highest BCUT2D eigenvalue weighted by Gasteiger charge is 2.19. The van der Waals surface area contributed by atoms with Crippen LogP contribution in [-0.2, 0) is 14.8 Å². The quantitative estimate of drug-likeness (QED) is 0.884. The summed E-state index contributed by atoms with van der Waals surface area (Å²) in [5.74, 6) is -0.195. The molecule has 2 N–H and O–H groups in total. The molecule has 6 heteroatoms. The van der Waals surface area contributed by atoms with Crippen LogP contribution in [0.3, 0.4) is 0 Å². The van der Waals surface area contributed by atoms with Crippen LogP contribution >= 0.6 is 0 Å². The number of anilines is 1. The van der Waals surface area contributed by atoms with Crippen molar-refractivity contribution in [3.8, 4) is 0 Å². The second kappa shape index (κ2) is 6.93. The predicted molar refractivity (Wildman–Crippen MR) is 90.7 cm³/mol. The summed E-state index contributed by atoms with van der Waals surface area (Å²) in [6, 6.07) is 13.7. The molecule has 0 aromatic heterocycles. The average Bonchev–Trinajstić information content (AvgIpc) is 2.49. The van der Waals surface area contributed by atoms with Crippen molar-refractivity contribution in [1.82, 2.24) is 4.72 Å². The predicted octanol–water partition coefficient (Wildman–Crippen LogP) is 2.99. The third-order valence-corrected chi connectivity index (χ3v) is 4.99. The zero-order chi connectivity index (χ0) is 17.0. The summed E-state index contributed by atoms with van der Waals surface area (Å²) in [5, 5.41) is 2.66. The van der Waals surface area contributed by atoms with E-state index in [1.165, 1.54) is 13.0 Å². The zero-order valence-electron chi connectivity index (χ0n) is 13.3. The second-order valence-corrected chi connectivity index (χ2v) is 7.13. The van der Waals surface area contributed by atoms with Crippen molar-refractivity contribution in [3.05, 3.63) is 59.7 Å². The van der Waals surface area contributed by atoms with Gasteiger partial charge in [0.05, 0.1) is 4.90 Å². The van der Waals surface area contributed by atoms with E-state index in [2.05, 4.69) is 10.0 Å². The number of sulfonamides is 1. The third-order valence-electron chi connectivity index (χ3n) is 3.45. The van der Waals surface area contributed by atoms with Gasteiger partial charge in [-0.15, -0.1) is 0 Å². The zero-order valence-corrected chi connectivity index (χ0v) is 14.1. The van der Waals surface area contributed by atoms with Gasteiger partial charge in [-0.05, 0) is 43.2 Å². The number of aryl methyl sites for hydroxylation is 1. The van der Waals surface area contributed by atoms with Crippen molar-refractivity contribution in [2.75, 3.05) is 5.32 Å². The molecule has 2 aromatic rings. The lowest BCUT2D eigenvalue weighted by Gasteiger charge is -2.15. The maximum Gasteiger partial charge on any atom is 0.241 e. The number of amides is 1. The van der Waals surface area contributed by atoms with Crippen LogP contribution in [0.4, 0.5) is 5.69 Å². The van der Waals surface area contributed by atoms with Crippen LogP contribution in [0.25, 0.3) is 0 Å². The molecule has 0 spiro atoms. The van der Waals surface area contributed by atoms with Crippen molar-refractivity contribution in [2.45, 2.75) is 31.7 Å². The van der Waals surface area contributed by atoms with E-state index in [9.17, 15) is 13.2 Å². The SMILES string of the molecule is CC(=O)Nc1ccc(S(=O)(=O)N[C@H](C)c2ccccc2)cc1C. The third kappa shape index (κ3) is 4.40. The number of rotatable bonds is 5. The Kier molecular flexibility index (Phi) is 5.18. The van der Waals surface area contributed by atoms with Gasteiger partial charge >= 0.3 is 0 Å². The lowest BCUT2D eigenvalue weighted by molar-refractivity contribution is -0.114. The number of benzene rings is 2. The molecule has 0 unspecified atom stereocenters. The Morgan fingerprint density at radius 1 is 1.09 bits per heavy atom. The van der Waals surface area contributed by atoms with Gasteiger partial charge < -0.3 is 5.32 Å².